The maximum atomic E-state index is 10.5. The highest BCUT2D eigenvalue weighted by Gasteiger charge is 2.32. The Bertz CT molecular complexity index is 894. The fourth-order valence-electron chi connectivity index (χ4n) is 4.03. The number of likely N-dealkylation sites (tertiary alicyclic amines) is 1. The highest BCUT2D eigenvalue weighted by atomic mass is 16.3. The molecule has 5 heteroatoms. The van der Waals surface area contributed by atoms with Crippen molar-refractivity contribution in [3.63, 3.8) is 0 Å². The van der Waals surface area contributed by atoms with Crippen molar-refractivity contribution in [2.24, 2.45) is 13.0 Å². The number of aliphatic hydroxyl groups excluding tert-OH is 1. The van der Waals surface area contributed by atoms with Crippen LogP contribution in [0.15, 0.2) is 30.3 Å². The molecule has 1 aliphatic heterocycles. The number of benzene rings is 1. The topological polar surface area (TPSA) is 57.1 Å². The molecule has 4 rings (SSSR count). The molecule has 0 aliphatic carbocycles. The van der Waals surface area contributed by atoms with Gasteiger partial charge in [0.2, 0.25) is 0 Å². The smallest absolute Gasteiger partial charge is 0.0711 e. The molecule has 0 unspecified atom stereocenters. The van der Waals surface area contributed by atoms with E-state index >= 15 is 0 Å². The van der Waals surface area contributed by atoms with E-state index < -0.39 is 0 Å². The lowest BCUT2D eigenvalue weighted by molar-refractivity contribution is 0.140. The fourth-order valence-corrected chi connectivity index (χ4v) is 4.03. The Labute approximate surface area is 148 Å². The van der Waals surface area contributed by atoms with Gasteiger partial charge in [0.25, 0.3) is 0 Å². The normalized spacial score (nSPS) is 21.4. The summed E-state index contributed by atoms with van der Waals surface area (Å²) in [6, 6.07) is 10.9. The predicted octanol–water partition coefficient (Wildman–Crippen LogP) is 2.55. The van der Waals surface area contributed by atoms with Crippen LogP contribution in [0.25, 0.3) is 10.9 Å². The van der Waals surface area contributed by atoms with Gasteiger partial charge >= 0.3 is 0 Å². The van der Waals surface area contributed by atoms with Crippen LogP contribution in [0.2, 0.25) is 0 Å². The third-order valence-corrected chi connectivity index (χ3v) is 5.40. The lowest BCUT2D eigenvalue weighted by Gasteiger charge is -2.16. The maximum Gasteiger partial charge on any atom is 0.0711 e. The summed E-state index contributed by atoms with van der Waals surface area (Å²) in [6.07, 6.45) is 0.546. The molecule has 0 spiro atoms. The first-order valence-electron chi connectivity index (χ1n) is 8.96. The van der Waals surface area contributed by atoms with Crippen LogP contribution in [0.1, 0.15) is 22.6 Å². The molecule has 1 aliphatic rings. The average Bonchev–Trinajstić information content (AvgIpc) is 3.20. The Morgan fingerprint density at radius 3 is 2.80 bits per heavy atom. The zero-order valence-electron chi connectivity index (χ0n) is 15.2. The number of hydrogen-bond donors (Lipinski definition) is 2. The van der Waals surface area contributed by atoms with Gasteiger partial charge in [-0.15, -0.1) is 0 Å². The third kappa shape index (κ3) is 3.22. The standard InChI is InChI=1S/C20H26N4O/c1-13-4-5-19-15(6-13)9-18(23(19)3)11-24-10-16(20(25)12-24)8-17-7-14(2)21-22-17/h4-7,9,16,20,25H,8,10-12H2,1-3H3,(H,21,22)/t16-,20+/m1/s1. The molecular formula is C20H26N4O. The molecule has 0 amide bonds. The molecule has 2 N–H and O–H groups in total. The second kappa shape index (κ2) is 6.32. The van der Waals surface area contributed by atoms with Crippen molar-refractivity contribution in [3.05, 3.63) is 53.0 Å². The minimum Gasteiger partial charge on any atom is -0.391 e. The molecule has 1 saturated heterocycles. The number of aromatic nitrogens is 3. The lowest BCUT2D eigenvalue weighted by Crippen LogP contribution is -2.22. The highest BCUT2D eigenvalue weighted by molar-refractivity contribution is 5.82. The van der Waals surface area contributed by atoms with Gasteiger partial charge in [0.05, 0.1) is 11.8 Å². The Hall–Kier alpha value is -2.11. The summed E-state index contributed by atoms with van der Waals surface area (Å²) < 4.78 is 2.27. The molecule has 25 heavy (non-hydrogen) atoms. The largest absolute Gasteiger partial charge is 0.391 e. The van der Waals surface area contributed by atoms with E-state index in [4.69, 9.17) is 0 Å². The van der Waals surface area contributed by atoms with E-state index in [1.165, 1.54) is 22.2 Å². The number of H-pyrrole nitrogens is 1. The van der Waals surface area contributed by atoms with Crippen LogP contribution in [0.5, 0.6) is 0 Å². The van der Waals surface area contributed by atoms with Crippen LogP contribution in [0, 0.1) is 19.8 Å². The summed E-state index contributed by atoms with van der Waals surface area (Å²) in [5, 5.41) is 19.1. The second-order valence-corrected chi connectivity index (χ2v) is 7.52. The molecule has 0 bridgehead atoms. The van der Waals surface area contributed by atoms with E-state index in [2.05, 4.69) is 64.0 Å². The Balaban J connectivity index is 1.47. The molecule has 0 saturated carbocycles. The van der Waals surface area contributed by atoms with Crippen LogP contribution in [0.4, 0.5) is 0 Å². The van der Waals surface area contributed by atoms with Gasteiger partial charge in [0, 0.05) is 54.9 Å². The molecule has 2 aromatic heterocycles. The molecule has 0 radical (unpaired) electrons. The monoisotopic (exact) mass is 338 g/mol. The number of fused-ring (bicyclic) bond motifs is 1. The minimum atomic E-state index is -0.283. The number of aryl methyl sites for hydroxylation is 3. The van der Waals surface area contributed by atoms with Crippen molar-refractivity contribution in [3.8, 4) is 0 Å². The van der Waals surface area contributed by atoms with Crippen LogP contribution in [0.3, 0.4) is 0 Å². The Morgan fingerprint density at radius 1 is 1.20 bits per heavy atom. The van der Waals surface area contributed by atoms with Gasteiger partial charge in [-0.2, -0.15) is 5.10 Å². The van der Waals surface area contributed by atoms with Crippen LogP contribution >= 0.6 is 0 Å². The highest BCUT2D eigenvalue weighted by Crippen LogP contribution is 2.25. The van der Waals surface area contributed by atoms with Crippen LogP contribution < -0.4 is 0 Å². The van der Waals surface area contributed by atoms with Gasteiger partial charge in [-0.25, -0.2) is 0 Å². The number of β-amino-alcohol motifs (C(OH)–C–C–N with tert-alkyl or cyclic N) is 1. The SMILES string of the molecule is Cc1ccc2c(c1)cc(CN1C[C@@H](Cc3cc(C)[nH]n3)[C@@H](O)C1)n2C. The second-order valence-electron chi connectivity index (χ2n) is 7.52. The molecule has 132 valence electrons. The molecule has 1 fully saturated rings. The predicted molar refractivity (Wildman–Crippen MR) is 99.5 cm³/mol. The van der Waals surface area contributed by atoms with Gasteiger partial charge in [-0.05, 0) is 44.5 Å². The molecular weight excluding hydrogens is 312 g/mol. The van der Waals surface area contributed by atoms with Crippen molar-refractivity contribution in [1.29, 1.82) is 0 Å². The lowest BCUT2D eigenvalue weighted by atomic mass is 10.0. The summed E-state index contributed by atoms with van der Waals surface area (Å²) in [5.74, 6) is 0.250. The van der Waals surface area contributed by atoms with E-state index in [0.29, 0.717) is 0 Å². The zero-order chi connectivity index (χ0) is 17.6. The quantitative estimate of drug-likeness (QED) is 0.769. The molecule has 3 aromatic rings. The maximum absolute atomic E-state index is 10.5. The summed E-state index contributed by atoms with van der Waals surface area (Å²) in [6.45, 7) is 6.65. The Morgan fingerprint density at radius 2 is 2.04 bits per heavy atom. The van der Waals surface area contributed by atoms with Crippen LogP contribution in [-0.4, -0.2) is 44.0 Å². The van der Waals surface area contributed by atoms with Crippen molar-refractivity contribution in [1.82, 2.24) is 19.7 Å². The molecule has 1 aromatic carbocycles. The number of nitrogens with one attached hydrogen (secondary N) is 1. The fraction of sp³-hybridized carbons (Fsp3) is 0.450. The average molecular weight is 338 g/mol. The summed E-state index contributed by atoms with van der Waals surface area (Å²) in [4.78, 5) is 2.36. The molecule has 2 atom stereocenters. The Kier molecular flexibility index (Phi) is 4.13. The van der Waals surface area contributed by atoms with Crippen LogP contribution in [-0.2, 0) is 20.0 Å². The van der Waals surface area contributed by atoms with Gasteiger partial charge < -0.3 is 9.67 Å². The summed E-state index contributed by atoms with van der Waals surface area (Å²) in [7, 11) is 2.13. The number of rotatable bonds is 4. The van der Waals surface area contributed by atoms with Crippen molar-refractivity contribution in [2.75, 3.05) is 13.1 Å². The summed E-state index contributed by atoms with van der Waals surface area (Å²) in [5.41, 5.74) is 5.97. The zero-order valence-corrected chi connectivity index (χ0v) is 15.2. The number of hydrogen-bond acceptors (Lipinski definition) is 3. The third-order valence-electron chi connectivity index (χ3n) is 5.40. The van der Waals surface area contributed by atoms with E-state index in [9.17, 15) is 5.11 Å². The first-order chi connectivity index (χ1) is 12.0. The van der Waals surface area contributed by atoms with E-state index in [1.54, 1.807) is 0 Å². The van der Waals surface area contributed by atoms with Gasteiger partial charge in [0.15, 0.2) is 0 Å². The van der Waals surface area contributed by atoms with Gasteiger partial charge in [-0.3, -0.25) is 10.00 Å². The molecule has 5 nitrogen and oxygen atoms in total. The molecule has 3 heterocycles. The van der Waals surface area contributed by atoms with Crippen molar-refractivity contribution >= 4 is 10.9 Å². The minimum absolute atomic E-state index is 0.250. The van der Waals surface area contributed by atoms with E-state index in [0.717, 1.165) is 37.4 Å². The summed E-state index contributed by atoms with van der Waals surface area (Å²) >= 11 is 0. The van der Waals surface area contributed by atoms with E-state index in [1.807, 2.05) is 6.92 Å². The van der Waals surface area contributed by atoms with E-state index in [-0.39, 0.29) is 12.0 Å². The van der Waals surface area contributed by atoms with Crippen molar-refractivity contribution < 1.29 is 5.11 Å². The van der Waals surface area contributed by atoms with Gasteiger partial charge in [-0.1, -0.05) is 11.6 Å². The van der Waals surface area contributed by atoms with Crippen molar-refractivity contribution in [2.45, 2.75) is 32.9 Å². The number of nitrogens with zero attached hydrogens (tertiary/aromatic N) is 3. The van der Waals surface area contributed by atoms with Gasteiger partial charge in [0.1, 0.15) is 0 Å². The first kappa shape index (κ1) is 16.4. The number of aromatic amines is 1. The number of aliphatic hydroxyl groups is 1. The first-order valence-corrected chi connectivity index (χ1v) is 8.96.